The first-order chi connectivity index (χ1) is 9.22. The number of pyridine rings is 1. The second-order valence-electron chi connectivity index (χ2n) is 4.12. The molecule has 0 atom stereocenters. The van der Waals surface area contributed by atoms with E-state index in [9.17, 15) is 4.79 Å². The molecule has 3 aromatic heterocycles. The molecule has 0 spiro atoms. The molecule has 6 nitrogen and oxygen atoms in total. The quantitative estimate of drug-likeness (QED) is 0.745. The smallest absolute Gasteiger partial charge is 0.251 e. The number of H-pyrrole nitrogens is 1. The van der Waals surface area contributed by atoms with E-state index < -0.39 is 0 Å². The molecule has 3 rings (SSSR count). The Morgan fingerprint density at radius 3 is 2.68 bits per heavy atom. The monoisotopic (exact) mass is 253 g/mol. The summed E-state index contributed by atoms with van der Waals surface area (Å²) in [7, 11) is 1.82. The van der Waals surface area contributed by atoms with E-state index in [-0.39, 0.29) is 5.56 Å². The minimum Gasteiger partial charge on any atom is -0.306 e. The van der Waals surface area contributed by atoms with Gasteiger partial charge < -0.3 is 4.98 Å². The van der Waals surface area contributed by atoms with Crippen molar-refractivity contribution < 1.29 is 0 Å². The van der Waals surface area contributed by atoms with Crippen molar-refractivity contribution in [3.8, 4) is 22.6 Å². The van der Waals surface area contributed by atoms with E-state index in [1.54, 1.807) is 35.4 Å². The van der Waals surface area contributed by atoms with Gasteiger partial charge in [-0.15, -0.1) is 0 Å². The maximum Gasteiger partial charge on any atom is 0.251 e. The molecule has 0 bridgehead atoms. The first-order valence-corrected chi connectivity index (χ1v) is 5.73. The summed E-state index contributed by atoms with van der Waals surface area (Å²) in [6, 6.07) is 5.05. The largest absolute Gasteiger partial charge is 0.306 e. The van der Waals surface area contributed by atoms with Gasteiger partial charge in [0.25, 0.3) is 5.56 Å². The van der Waals surface area contributed by atoms with E-state index in [0.717, 1.165) is 11.1 Å². The Labute approximate surface area is 108 Å². The van der Waals surface area contributed by atoms with Crippen LogP contribution in [0, 0.1) is 0 Å². The second-order valence-corrected chi connectivity index (χ2v) is 4.12. The summed E-state index contributed by atoms with van der Waals surface area (Å²) in [4.78, 5) is 22.8. The molecular formula is C13H11N5O. The SMILES string of the molecule is Cn1cc(-c2cc(=O)[nH]c(-c3ccncc3)n2)cn1. The fourth-order valence-electron chi connectivity index (χ4n) is 1.81. The third kappa shape index (κ3) is 2.28. The third-order valence-electron chi connectivity index (χ3n) is 2.70. The van der Waals surface area contributed by atoms with E-state index in [4.69, 9.17) is 0 Å². The van der Waals surface area contributed by atoms with Gasteiger partial charge >= 0.3 is 0 Å². The minimum atomic E-state index is -0.194. The number of hydrogen-bond acceptors (Lipinski definition) is 4. The lowest BCUT2D eigenvalue weighted by atomic mass is 10.2. The van der Waals surface area contributed by atoms with Crippen LogP contribution in [0.4, 0.5) is 0 Å². The molecule has 0 unspecified atom stereocenters. The zero-order valence-electron chi connectivity index (χ0n) is 10.2. The molecular weight excluding hydrogens is 242 g/mol. The van der Waals surface area contributed by atoms with Crippen molar-refractivity contribution in [3.63, 3.8) is 0 Å². The molecule has 0 saturated heterocycles. The predicted octanol–water partition coefficient (Wildman–Crippen LogP) is 1.23. The molecule has 0 aliphatic rings. The van der Waals surface area contributed by atoms with Crippen LogP contribution >= 0.6 is 0 Å². The summed E-state index contributed by atoms with van der Waals surface area (Å²) in [6.07, 6.45) is 6.81. The molecule has 0 aliphatic heterocycles. The van der Waals surface area contributed by atoms with E-state index in [1.807, 2.05) is 13.2 Å². The van der Waals surface area contributed by atoms with Gasteiger partial charge in [-0.05, 0) is 12.1 Å². The third-order valence-corrected chi connectivity index (χ3v) is 2.70. The number of aromatic nitrogens is 5. The fourth-order valence-corrected chi connectivity index (χ4v) is 1.81. The molecule has 3 heterocycles. The van der Waals surface area contributed by atoms with Crippen LogP contribution in [0.2, 0.25) is 0 Å². The first kappa shape index (κ1) is 11.3. The number of hydrogen-bond donors (Lipinski definition) is 1. The van der Waals surface area contributed by atoms with Crippen molar-refractivity contribution in [2.45, 2.75) is 0 Å². The Morgan fingerprint density at radius 2 is 2.00 bits per heavy atom. The lowest BCUT2D eigenvalue weighted by molar-refractivity contribution is 0.768. The van der Waals surface area contributed by atoms with Crippen LogP contribution in [0.5, 0.6) is 0 Å². The summed E-state index contributed by atoms with van der Waals surface area (Å²) in [5, 5.41) is 4.08. The summed E-state index contributed by atoms with van der Waals surface area (Å²) in [5.41, 5.74) is 2.03. The maximum atomic E-state index is 11.7. The summed E-state index contributed by atoms with van der Waals surface area (Å²) in [5.74, 6) is 0.522. The van der Waals surface area contributed by atoms with Gasteiger partial charge in [0.1, 0.15) is 5.82 Å². The molecule has 0 aliphatic carbocycles. The van der Waals surface area contributed by atoms with Gasteiger partial charge in [-0.25, -0.2) is 4.98 Å². The Hall–Kier alpha value is -2.76. The van der Waals surface area contributed by atoms with Crippen molar-refractivity contribution in [1.29, 1.82) is 0 Å². The number of nitrogens with zero attached hydrogens (tertiary/aromatic N) is 4. The highest BCUT2D eigenvalue weighted by molar-refractivity contribution is 5.61. The van der Waals surface area contributed by atoms with Gasteiger partial charge in [0.2, 0.25) is 0 Å². The molecule has 94 valence electrons. The number of nitrogens with one attached hydrogen (secondary N) is 1. The average molecular weight is 253 g/mol. The highest BCUT2D eigenvalue weighted by atomic mass is 16.1. The van der Waals surface area contributed by atoms with Crippen molar-refractivity contribution in [2.75, 3.05) is 0 Å². The van der Waals surface area contributed by atoms with Gasteiger partial charge in [-0.3, -0.25) is 14.5 Å². The van der Waals surface area contributed by atoms with Crippen LogP contribution in [-0.2, 0) is 7.05 Å². The summed E-state index contributed by atoms with van der Waals surface area (Å²) >= 11 is 0. The lowest BCUT2D eigenvalue weighted by Crippen LogP contribution is -2.08. The van der Waals surface area contributed by atoms with Gasteiger partial charge in [0.05, 0.1) is 11.9 Å². The van der Waals surface area contributed by atoms with Crippen LogP contribution in [0.25, 0.3) is 22.6 Å². The highest BCUT2D eigenvalue weighted by Crippen LogP contribution is 2.18. The zero-order chi connectivity index (χ0) is 13.2. The van der Waals surface area contributed by atoms with Crippen molar-refractivity contribution in [3.05, 3.63) is 53.3 Å². The lowest BCUT2D eigenvalue weighted by Gasteiger charge is -2.02. The van der Waals surface area contributed by atoms with E-state index in [1.165, 1.54) is 6.07 Å². The second kappa shape index (κ2) is 4.49. The zero-order valence-corrected chi connectivity index (χ0v) is 10.2. The van der Waals surface area contributed by atoms with E-state index in [0.29, 0.717) is 11.5 Å². The molecule has 0 aromatic carbocycles. The van der Waals surface area contributed by atoms with Crippen LogP contribution in [0.15, 0.2) is 47.8 Å². The minimum absolute atomic E-state index is 0.194. The van der Waals surface area contributed by atoms with Crippen molar-refractivity contribution in [1.82, 2.24) is 24.7 Å². The predicted molar refractivity (Wildman–Crippen MR) is 70.3 cm³/mol. The Bertz CT molecular complexity index is 760. The van der Waals surface area contributed by atoms with Crippen molar-refractivity contribution >= 4 is 0 Å². The number of aromatic amines is 1. The molecule has 0 amide bonds. The Kier molecular flexibility index (Phi) is 2.68. The van der Waals surface area contributed by atoms with E-state index >= 15 is 0 Å². The average Bonchev–Trinajstić information content (AvgIpc) is 2.86. The molecule has 1 N–H and O–H groups in total. The van der Waals surface area contributed by atoms with Gasteiger partial charge in [0.15, 0.2) is 0 Å². The molecule has 19 heavy (non-hydrogen) atoms. The van der Waals surface area contributed by atoms with Crippen LogP contribution in [-0.4, -0.2) is 24.7 Å². The summed E-state index contributed by atoms with van der Waals surface area (Å²) in [6.45, 7) is 0. The molecule has 3 aromatic rings. The van der Waals surface area contributed by atoms with Gasteiger partial charge in [-0.1, -0.05) is 0 Å². The van der Waals surface area contributed by atoms with Crippen molar-refractivity contribution in [2.24, 2.45) is 7.05 Å². The fraction of sp³-hybridized carbons (Fsp3) is 0.0769. The topological polar surface area (TPSA) is 76.5 Å². The van der Waals surface area contributed by atoms with Gasteiger partial charge in [-0.2, -0.15) is 5.10 Å². The maximum absolute atomic E-state index is 11.7. The normalized spacial score (nSPS) is 10.6. The first-order valence-electron chi connectivity index (χ1n) is 5.73. The van der Waals surface area contributed by atoms with Crippen LogP contribution in [0.1, 0.15) is 0 Å². The van der Waals surface area contributed by atoms with Gasteiger partial charge in [0, 0.05) is 42.8 Å². The Balaban J connectivity index is 2.14. The Morgan fingerprint density at radius 1 is 1.21 bits per heavy atom. The molecule has 0 saturated carbocycles. The van der Waals surface area contributed by atoms with Crippen LogP contribution < -0.4 is 5.56 Å². The number of aryl methyl sites for hydroxylation is 1. The molecule has 0 radical (unpaired) electrons. The molecule has 6 heteroatoms. The highest BCUT2D eigenvalue weighted by Gasteiger charge is 2.07. The standard InChI is InChI=1S/C13H11N5O/c1-18-8-10(7-15-18)11-6-12(19)17-13(16-11)9-2-4-14-5-3-9/h2-8H,1H3,(H,16,17,19). The summed E-state index contributed by atoms with van der Waals surface area (Å²) < 4.78 is 1.67. The number of rotatable bonds is 2. The van der Waals surface area contributed by atoms with E-state index in [2.05, 4.69) is 20.1 Å². The van der Waals surface area contributed by atoms with Crippen LogP contribution in [0.3, 0.4) is 0 Å². The molecule has 0 fully saturated rings.